The second-order valence-corrected chi connectivity index (χ2v) is 5.30. The lowest BCUT2D eigenvalue weighted by Crippen LogP contribution is -2.38. The predicted octanol–water partition coefficient (Wildman–Crippen LogP) is 1.96. The van der Waals surface area contributed by atoms with Gasteiger partial charge in [-0.25, -0.2) is 0 Å². The van der Waals surface area contributed by atoms with E-state index in [0.717, 1.165) is 30.5 Å². The average Bonchev–Trinajstić information content (AvgIpc) is 2.53. The number of fused-ring (bicyclic) bond motifs is 1. The van der Waals surface area contributed by atoms with Gasteiger partial charge in [0.1, 0.15) is 0 Å². The van der Waals surface area contributed by atoms with Crippen LogP contribution in [0.3, 0.4) is 0 Å². The SMILES string of the molecule is O=C(NCC1CCCNC1)c1ccnc2ccccc12. The summed E-state index contributed by atoms with van der Waals surface area (Å²) in [6, 6.07) is 9.53. The van der Waals surface area contributed by atoms with E-state index in [-0.39, 0.29) is 5.91 Å². The van der Waals surface area contributed by atoms with Gasteiger partial charge in [-0.05, 0) is 44.0 Å². The number of nitrogens with zero attached hydrogens (tertiary/aromatic N) is 1. The number of amides is 1. The maximum atomic E-state index is 12.3. The van der Waals surface area contributed by atoms with Crippen LogP contribution < -0.4 is 10.6 Å². The van der Waals surface area contributed by atoms with E-state index < -0.39 is 0 Å². The molecule has 1 fully saturated rings. The maximum absolute atomic E-state index is 12.3. The molecule has 1 saturated heterocycles. The summed E-state index contributed by atoms with van der Waals surface area (Å²) >= 11 is 0. The Hall–Kier alpha value is -1.94. The van der Waals surface area contributed by atoms with Gasteiger partial charge in [-0.1, -0.05) is 18.2 Å². The zero-order chi connectivity index (χ0) is 13.8. The summed E-state index contributed by atoms with van der Waals surface area (Å²) in [7, 11) is 0. The highest BCUT2D eigenvalue weighted by Gasteiger charge is 2.15. The lowest BCUT2D eigenvalue weighted by molar-refractivity contribution is 0.0946. The van der Waals surface area contributed by atoms with Crippen LogP contribution in [0.2, 0.25) is 0 Å². The second kappa shape index (κ2) is 6.01. The number of pyridine rings is 1. The maximum Gasteiger partial charge on any atom is 0.252 e. The fourth-order valence-corrected chi connectivity index (χ4v) is 2.72. The van der Waals surface area contributed by atoms with Crippen LogP contribution in [0.5, 0.6) is 0 Å². The average molecular weight is 269 g/mol. The van der Waals surface area contributed by atoms with E-state index in [0.29, 0.717) is 11.5 Å². The zero-order valence-electron chi connectivity index (χ0n) is 11.4. The molecule has 1 unspecified atom stereocenters. The minimum Gasteiger partial charge on any atom is -0.352 e. The van der Waals surface area contributed by atoms with E-state index in [9.17, 15) is 4.79 Å². The van der Waals surface area contributed by atoms with E-state index in [1.165, 1.54) is 12.8 Å². The van der Waals surface area contributed by atoms with Crippen molar-refractivity contribution in [3.63, 3.8) is 0 Å². The van der Waals surface area contributed by atoms with Crippen molar-refractivity contribution in [2.45, 2.75) is 12.8 Å². The molecule has 0 spiro atoms. The molecule has 0 radical (unpaired) electrons. The Labute approximate surface area is 118 Å². The standard InChI is InChI=1S/C16H19N3O/c20-16(19-11-12-4-3-8-17-10-12)14-7-9-18-15-6-2-1-5-13(14)15/h1-2,5-7,9,12,17H,3-4,8,10-11H2,(H,19,20). The van der Waals surface area contributed by atoms with E-state index in [1.54, 1.807) is 12.3 Å². The van der Waals surface area contributed by atoms with E-state index in [1.807, 2.05) is 24.3 Å². The lowest BCUT2D eigenvalue weighted by Gasteiger charge is -2.22. The van der Waals surface area contributed by atoms with Crippen LogP contribution in [0.1, 0.15) is 23.2 Å². The molecule has 2 N–H and O–H groups in total. The Morgan fingerprint density at radius 3 is 3.10 bits per heavy atom. The van der Waals surface area contributed by atoms with E-state index >= 15 is 0 Å². The van der Waals surface area contributed by atoms with Crippen molar-refractivity contribution in [1.29, 1.82) is 0 Å². The van der Waals surface area contributed by atoms with E-state index in [2.05, 4.69) is 15.6 Å². The summed E-state index contributed by atoms with van der Waals surface area (Å²) in [5.74, 6) is 0.537. The first-order valence-electron chi connectivity index (χ1n) is 7.17. The van der Waals surface area contributed by atoms with Crippen molar-refractivity contribution < 1.29 is 4.79 Å². The second-order valence-electron chi connectivity index (χ2n) is 5.30. The molecular weight excluding hydrogens is 250 g/mol. The molecule has 1 atom stereocenters. The van der Waals surface area contributed by atoms with Crippen LogP contribution in [-0.2, 0) is 0 Å². The molecule has 0 aliphatic carbocycles. The Morgan fingerprint density at radius 2 is 2.25 bits per heavy atom. The molecular formula is C16H19N3O. The molecule has 1 aliphatic rings. The van der Waals surface area contributed by atoms with Gasteiger partial charge in [-0.15, -0.1) is 0 Å². The highest BCUT2D eigenvalue weighted by molar-refractivity contribution is 6.05. The third kappa shape index (κ3) is 2.80. The third-order valence-corrected chi connectivity index (χ3v) is 3.84. The van der Waals surface area contributed by atoms with Crippen LogP contribution in [0.25, 0.3) is 10.9 Å². The molecule has 4 nitrogen and oxygen atoms in total. The van der Waals surface area contributed by atoms with Gasteiger partial charge >= 0.3 is 0 Å². The number of rotatable bonds is 3. The topological polar surface area (TPSA) is 54.0 Å². The van der Waals surface area contributed by atoms with Crippen molar-refractivity contribution in [3.8, 4) is 0 Å². The van der Waals surface area contributed by atoms with Crippen LogP contribution in [-0.4, -0.2) is 30.5 Å². The monoisotopic (exact) mass is 269 g/mol. The minimum atomic E-state index is -0.00539. The van der Waals surface area contributed by atoms with Crippen molar-refractivity contribution in [1.82, 2.24) is 15.6 Å². The van der Waals surface area contributed by atoms with Crippen LogP contribution in [0.15, 0.2) is 36.5 Å². The first-order chi connectivity index (χ1) is 9.84. The van der Waals surface area contributed by atoms with Crippen LogP contribution in [0, 0.1) is 5.92 Å². The van der Waals surface area contributed by atoms with Gasteiger partial charge in [0.2, 0.25) is 0 Å². The molecule has 0 bridgehead atoms. The fraction of sp³-hybridized carbons (Fsp3) is 0.375. The zero-order valence-corrected chi connectivity index (χ0v) is 11.4. The largest absolute Gasteiger partial charge is 0.352 e. The number of para-hydroxylation sites is 1. The highest BCUT2D eigenvalue weighted by Crippen LogP contribution is 2.16. The summed E-state index contributed by atoms with van der Waals surface area (Å²) in [5.41, 5.74) is 1.57. The first-order valence-corrected chi connectivity index (χ1v) is 7.17. The smallest absolute Gasteiger partial charge is 0.252 e. The van der Waals surface area contributed by atoms with Gasteiger partial charge < -0.3 is 10.6 Å². The minimum absolute atomic E-state index is 0.00539. The molecule has 0 saturated carbocycles. The Bertz CT molecular complexity index is 600. The molecule has 3 rings (SSSR count). The highest BCUT2D eigenvalue weighted by atomic mass is 16.1. The van der Waals surface area contributed by atoms with Crippen molar-refractivity contribution >= 4 is 16.8 Å². The molecule has 1 aromatic heterocycles. The number of benzene rings is 1. The Balaban J connectivity index is 1.72. The van der Waals surface area contributed by atoms with Gasteiger partial charge in [0, 0.05) is 18.1 Å². The fourth-order valence-electron chi connectivity index (χ4n) is 2.72. The predicted molar refractivity (Wildman–Crippen MR) is 79.7 cm³/mol. The molecule has 4 heteroatoms. The molecule has 2 heterocycles. The molecule has 1 aromatic carbocycles. The number of hydrogen-bond donors (Lipinski definition) is 2. The lowest BCUT2D eigenvalue weighted by atomic mass is 9.99. The number of carbonyl (C=O) groups is 1. The number of piperidine rings is 1. The van der Waals surface area contributed by atoms with Gasteiger partial charge in [0.25, 0.3) is 5.91 Å². The Morgan fingerprint density at radius 1 is 1.35 bits per heavy atom. The van der Waals surface area contributed by atoms with Crippen LogP contribution >= 0.6 is 0 Å². The summed E-state index contributed by atoms with van der Waals surface area (Å²) in [6.45, 7) is 2.83. The first kappa shape index (κ1) is 13.1. The van der Waals surface area contributed by atoms with Gasteiger partial charge in [0.05, 0.1) is 11.1 Å². The summed E-state index contributed by atoms with van der Waals surface area (Å²) in [4.78, 5) is 16.6. The van der Waals surface area contributed by atoms with E-state index in [4.69, 9.17) is 0 Å². The van der Waals surface area contributed by atoms with Crippen molar-refractivity contribution in [2.75, 3.05) is 19.6 Å². The Kier molecular flexibility index (Phi) is 3.92. The molecule has 2 aromatic rings. The van der Waals surface area contributed by atoms with Crippen LogP contribution in [0.4, 0.5) is 0 Å². The number of hydrogen-bond acceptors (Lipinski definition) is 3. The number of aromatic nitrogens is 1. The van der Waals surface area contributed by atoms with Gasteiger partial charge in [0.15, 0.2) is 0 Å². The molecule has 1 aliphatic heterocycles. The number of carbonyl (C=O) groups excluding carboxylic acids is 1. The van der Waals surface area contributed by atoms with Gasteiger partial charge in [-0.2, -0.15) is 0 Å². The quantitative estimate of drug-likeness (QED) is 0.895. The molecule has 20 heavy (non-hydrogen) atoms. The number of nitrogens with one attached hydrogen (secondary N) is 2. The summed E-state index contributed by atoms with van der Waals surface area (Å²) < 4.78 is 0. The molecule has 104 valence electrons. The summed E-state index contributed by atoms with van der Waals surface area (Å²) in [5, 5.41) is 7.33. The third-order valence-electron chi connectivity index (χ3n) is 3.84. The molecule has 1 amide bonds. The van der Waals surface area contributed by atoms with Gasteiger partial charge in [-0.3, -0.25) is 9.78 Å². The van der Waals surface area contributed by atoms with Crippen molar-refractivity contribution in [2.24, 2.45) is 5.92 Å². The summed E-state index contributed by atoms with van der Waals surface area (Å²) in [6.07, 6.45) is 4.07. The normalized spacial score (nSPS) is 18.9. The van der Waals surface area contributed by atoms with Crippen molar-refractivity contribution in [3.05, 3.63) is 42.1 Å².